The number of hydrogen-bond acceptors (Lipinski definition) is 20. The molecule has 5 N–H and O–H groups in total. The molecule has 2 aliphatic heterocycles. The molecule has 2 heterocycles. The maximum Gasteiger partial charge on any atom is 0.303 e. The molecule has 0 aromatic rings. The minimum atomic E-state index is -1.07. The van der Waals surface area contributed by atoms with Crippen molar-refractivity contribution in [2.45, 2.75) is 123 Å². The van der Waals surface area contributed by atoms with E-state index in [1.54, 1.807) is 13.8 Å². The summed E-state index contributed by atoms with van der Waals surface area (Å²) in [5.74, 6) is -5.19. The molecule has 2 unspecified atom stereocenters. The lowest BCUT2D eigenvalue weighted by Crippen LogP contribution is -2.63. The molecule has 62 heavy (non-hydrogen) atoms. The second-order valence-electron chi connectivity index (χ2n) is 14.6. The molecule has 0 bridgehead atoms. The Kier molecular flexibility index (Phi) is 24.4. The Morgan fingerprint density at radius 1 is 0.581 bits per heavy atom. The standard InChI is InChI=1S/C39H64N4O19/c1-21-30(19-56-24(4)45)61-39(33(43-23(3)44)34(21)58-26(6)47)55-18-16-53-14-12-42-37(51)29(40)9-10-32(50)41-11-13-52-15-17-54-38-22(2)35(59-27(7)48)36(60-28(8)49)31(62-38)20-57-25(5)46/h21-22,29-31,33-36,38-39H,9-20,40H2,1-8H3,(H,41,50)(H,42,51)(H,43,44)/t21-,22+,29+,30+,31+,33+,34-,35+,36-,38?,39?/m0/s1. The zero-order valence-electron chi connectivity index (χ0n) is 36.7. The van der Waals surface area contributed by atoms with E-state index in [1.807, 2.05) is 0 Å². The van der Waals surface area contributed by atoms with Crippen LogP contribution >= 0.6 is 0 Å². The summed E-state index contributed by atoms with van der Waals surface area (Å²) in [6.45, 7) is 11.2. The van der Waals surface area contributed by atoms with Crippen LogP contribution in [-0.2, 0) is 90.5 Å². The first-order chi connectivity index (χ1) is 29.3. The highest BCUT2D eigenvalue weighted by atomic mass is 16.7. The lowest BCUT2D eigenvalue weighted by atomic mass is 9.89. The molecule has 3 amide bonds. The van der Waals surface area contributed by atoms with E-state index in [9.17, 15) is 38.4 Å². The van der Waals surface area contributed by atoms with Gasteiger partial charge in [0.05, 0.1) is 45.7 Å². The summed E-state index contributed by atoms with van der Waals surface area (Å²) >= 11 is 0. The molecule has 0 aromatic carbocycles. The van der Waals surface area contributed by atoms with Crippen molar-refractivity contribution in [3.8, 4) is 0 Å². The van der Waals surface area contributed by atoms with Crippen LogP contribution in [0.5, 0.6) is 0 Å². The Balaban J connectivity index is 1.66. The van der Waals surface area contributed by atoms with E-state index in [1.165, 1.54) is 41.5 Å². The topological polar surface area (TPSA) is 300 Å². The molecule has 2 saturated heterocycles. The number of esters is 5. The number of nitrogens with one attached hydrogen (secondary N) is 3. The maximum absolute atomic E-state index is 12.5. The second kappa shape index (κ2) is 28.2. The molecular formula is C39H64N4O19. The van der Waals surface area contributed by atoms with Gasteiger partial charge in [0.2, 0.25) is 17.7 Å². The van der Waals surface area contributed by atoms with Gasteiger partial charge in [0.25, 0.3) is 0 Å². The molecule has 0 spiro atoms. The van der Waals surface area contributed by atoms with Gasteiger partial charge in [0, 0.05) is 72.9 Å². The number of hydrogen-bond donors (Lipinski definition) is 4. The van der Waals surface area contributed by atoms with Crippen molar-refractivity contribution in [1.82, 2.24) is 16.0 Å². The van der Waals surface area contributed by atoms with Crippen molar-refractivity contribution in [3.05, 3.63) is 0 Å². The second-order valence-corrected chi connectivity index (χ2v) is 14.6. The van der Waals surface area contributed by atoms with Gasteiger partial charge < -0.3 is 73.8 Å². The monoisotopic (exact) mass is 892 g/mol. The van der Waals surface area contributed by atoms with E-state index in [-0.39, 0.29) is 84.7 Å². The number of amides is 3. The van der Waals surface area contributed by atoms with Gasteiger partial charge in [-0.2, -0.15) is 0 Å². The molecule has 23 nitrogen and oxygen atoms in total. The Bertz CT molecular complexity index is 1480. The number of carbonyl (C=O) groups excluding carboxylic acids is 8. The molecule has 0 aromatic heterocycles. The fourth-order valence-electron chi connectivity index (χ4n) is 6.43. The molecular weight excluding hydrogens is 828 g/mol. The van der Waals surface area contributed by atoms with Crippen LogP contribution in [0.3, 0.4) is 0 Å². The first kappa shape index (κ1) is 53.6. The first-order valence-corrected chi connectivity index (χ1v) is 20.4. The van der Waals surface area contributed by atoms with Crippen molar-refractivity contribution in [2.75, 3.05) is 65.9 Å². The van der Waals surface area contributed by atoms with Crippen LogP contribution in [0.1, 0.15) is 68.2 Å². The third-order valence-corrected chi connectivity index (χ3v) is 9.34. The van der Waals surface area contributed by atoms with Crippen molar-refractivity contribution in [3.63, 3.8) is 0 Å². The van der Waals surface area contributed by atoms with Crippen LogP contribution in [0.2, 0.25) is 0 Å². The molecule has 11 atom stereocenters. The highest BCUT2D eigenvalue weighted by molar-refractivity contribution is 5.83. The zero-order chi connectivity index (χ0) is 46.4. The zero-order valence-corrected chi connectivity index (χ0v) is 36.7. The summed E-state index contributed by atoms with van der Waals surface area (Å²) in [6, 6.07) is -1.81. The molecule has 0 saturated carbocycles. The van der Waals surface area contributed by atoms with Gasteiger partial charge in [-0.05, 0) is 6.42 Å². The van der Waals surface area contributed by atoms with Gasteiger partial charge in [-0.1, -0.05) is 13.8 Å². The highest BCUT2D eigenvalue weighted by Crippen LogP contribution is 2.32. The molecule has 2 fully saturated rings. The van der Waals surface area contributed by atoms with Gasteiger partial charge in [0.15, 0.2) is 18.7 Å². The number of rotatable bonds is 26. The quantitative estimate of drug-likeness (QED) is 0.0438. The van der Waals surface area contributed by atoms with Gasteiger partial charge >= 0.3 is 29.8 Å². The molecule has 2 rings (SSSR count). The van der Waals surface area contributed by atoms with Gasteiger partial charge in [-0.15, -0.1) is 0 Å². The van der Waals surface area contributed by atoms with E-state index in [0.29, 0.717) is 0 Å². The van der Waals surface area contributed by atoms with Crippen molar-refractivity contribution < 1.29 is 90.5 Å². The van der Waals surface area contributed by atoms with Crippen molar-refractivity contribution in [1.29, 1.82) is 0 Å². The average Bonchev–Trinajstić information content (AvgIpc) is 3.18. The fraction of sp³-hybridized carbons (Fsp3) is 0.795. The highest BCUT2D eigenvalue weighted by Gasteiger charge is 2.49. The molecule has 0 aliphatic carbocycles. The summed E-state index contributed by atoms with van der Waals surface area (Å²) < 4.78 is 61.1. The Morgan fingerprint density at radius 2 is 1.08 bits per heavy atom. The number of ether oxygens (including phenoxy) is 11. The lowest BCUT2D eigenvalue weighted by Gasteiger charge is -2.44. The lowest BCUT2D eigenvalue weighted by molar-refractivity contribution is -0.290. The Labute approximate surface area is 360 Å². The van der Waals surface area contributed by atoms with Crippen LogP contribution in [0.15, 0.2) is 0 Å². The van der Waals surface area contributed by atoms with Gasteiger partial charge in [0.1, 0.15) is 43.7 Å². The Hall–Kier alpha value is -4.52. The van der Waals surface area contributed by atoms with Crippen LogP contribution in [0, 0.1) is 11.8 Å². The Morgan fingerprint density at radius 3 is 1.63 bits per heavy atom. The average molecular weight is 893 g/mol. The smallest absolute Gasteiger partial charge is 0.303 e. The predicted molar refractivity (Wildman–Crippen MR) is 210 cm³/mol. The van der Waals surface area contributed by atoms with Gasteiger partial charge in [-0.25, -0.2) is 0 Å². The molecule has 23 heteroatoms. The van der Waals surface area contributed by atoms with Crippen molar-refractivity contribution in [2.24, 2.45) is 17.6 Å². The predicted octanol–water partition coefficient (Wildman–Crippen LogP) is -1.46. The van der Waals surface area contributed by atoms with E-state index in [2.05, 4.69) is 16.0 Å². The van der Waals surface area contributed by atoms with Crippen LogP contribution < -0.4 is 21.7 Å². The molecule has 2 aliphatic rings. The summed E-state index contributed by atoms with van der Waals surface area (Å²) in [7, 11) is 0. The minimum Gasteiger partial charge on any atom is -0.463 e. The first-order valence-electron chi connectivity index (χ1n) is 20.4. The number of nitrogens with two attached hydrogens (primary N) is 1. The summed E-state index contributed by atoms with van der Waals surface area (Å²) in [4.78, 5) is 95.1. The summed E-state index contributed by atoms with van der Waals surface area (Å²) in [5.41, 5.74) is 5.97. The largest absolute Gasteiger partial charge is 0.463 e. The minimum absolute atomic E-state index is 0.00112. The van der Waals surface area contributed by atoms with Gasteiger partial charge in [-0.3, -0.25) is 38.4 Å². The third-order valence-electron chi connectivity index (χ3n) is 9.34. The van der Waals surface area contributed by atoms with Crippen molar-refractivity contribution >= 4 is 47.6 Å². The van der Waals surface area contributed by atoms with Crippen LogP contribution in [-0.4, -0.2) is 169 Å². The fourth-order valence-corrected chi connectivity index (χ4v) is 6.43. The summed E-state index contributed by atoms with van der Waals surface area (Å²) in [5, 5.41) is 8.03. The number of carbonyl (C=O) groups is 8. The maximum atomic E-state index is 12.5. The van der Waals surface area contributed by atoms with E-state index < -0.39 is 109 Å². The normalized spacial score (nSPS) is 26.2. The SMILES string of the molecule is CC(=O)N[C@H]1C(OCCOCCNC(=O)[C@H](N)CCC(=O)NCCOCCOC2O[C@H](COC(C)=O)[C@H](OC(C)=O)[C@H](OC(C)=O)[C@H]2C)O[C@H](COC(C)=O)[C@H](C)[C@@H]1OC(C)=O. The van der Waals surface area contributed by atoms with E-state index >= 15 is 0 Å². The molecule has 0 radical (unpaired) electrons. The summed E-state index contributed by atoms with van der Waals surface area (Å²) in [6.07, 6.45) is -6.43. The van der Waals surface area contributed by atoms with Crippen LogP contribution in [0.25, 0.3) is 0 Å². The van der Waals surface area contributed by atoms with E-state index in [4.69, 9.17) is 57.8 Å². The van der Waals surface area contributed by atoms with E-state index in [0.717, 1.165) is 0 Å². The molecule has 354 valence electrons. The third kappa shape index (κ3) is 20.1. The van der Waals surface area contributed by atoms with Crippen LogP contribution in [0.4, 0.5) is 0 Å².